The Morgan fingerprint density at radius 2 is 1.81 bits per heavy atom. The predicted molar refractivity (Wildman–Crippen MR) is 184 cm³/mol. The molecular formula is C37H27BrFN3O5S. The van der Waals surface area contributed by atoms with Crippen LogP contribution in [0, 0.1) is 17.1 Å². The molecule has 1 aromatic heterocycles. The number of hydrogen-bond donors (Lipinski definition) is 0. The summed E-state index contributed by atoms with van der Waals surface area (Å²) in [6.45, 7) is 1.97. The first kappa shape index (κ1) is 32.6. The van der Waals surface area contributed by atoms with Gasteiger partial charge in [0.25, 0.3) is 5.56 Å². The van der Waals surface area contributed by atoms with Gasteiger partial charge in [0.05, 0.1) is 51.7 Å². The highest BCUT2D eigenvalue weighted by molar-refractivity contribution is 9.10. The van der Waals surface area contributed by atoms with Crippen LogP contribution in [0.15, 0.2) is 111 Å². The summed E-state index contributed by atoms with van der Waals surface area (Å²) in [4.78, 5) is 33.0. The van der Waals surface area contributed by atoms with Crippen molar-refractivity contribution in [1.82, 2.24) is 4.57 Å². The number of fused-ring (bicyclic) bond motifs is 1. The smallest absolute Gasteiger partial charge is 0.338 e. The third kappa shape index (κ3) is 6.45. The number of thiazole rings is 1. The highest BCUT2D eigenvalue weighted by Gasteiger charge is 2.35. The molecule has 0 radical (unpaired) electrons. The van der Waals surface area contributed by atoms with Gasteiger partial charge in [-0.1, -0.05) is 72.0 Å². The Labute approximate surface area is 287 Å². The van der Waals surface area contributed by atoms with Gasteiger partial charge >= 0.3 is 5.97 Å². The summed E-state index contributed by atoms with van der Waals surface area (Å²) in [5.41, 5.74) is 3.25. The summed E-state index contributed by atoms with van der Waals surface area (Å²) in [7, 11) is 1.51. The maximum atomic E-state index is 14.2. The second-order valence-corrected chi connectivity index (χ2v) is 12.4. The molecule has 8 nitrogen and oxygen atoms in total. The van der Waals surface area contributed by atoms with Crippen molar-refractivity contribution >= 4 is 45.0 Å². The normalized spacial score (nSPS) is 14.1. The number of ether oxygens (including phenoxy) is 3. The summed E-state index contributed by atoms with van der Waals surface area (Å²) in [5.74, 6) is -0.215. The molecule has 0 saturated heterocycles. The van der Waals surface area contributed by atoms with Crippen molar-refractivity contribution < 1.29 is 23.4 Å². The molecule has 1 atom stereocenters. The van der Waals surface area contributed by atoms with Crippen molar-refractivity contribution in [2.45, 2.75) is 19.6 Å². The van der Waals surface area contributed by atoms with Crippen molar-refractivity contribution in [2.75, 3.05) is 13.7 Å². The lowest BCUT2D eigenvalue weighted by atomic mass is 9.93. The number of rotatable bonds is 9. The molecule has 0 saturated carbocycles. The third-order valence-corrected chi connectivity index (χ3v) is 9.19. The van der Waals surface area contributed by atoms with Crippen LogP contribution in [0.5, 0.6) is 11.5 Å². The fraction of sp³-hybridized carbons (Fsp3) is 0.135. The van der Waals surface area contributed by atoms with E-state index in [1.807, 2.05) is 42.5 Å². The van der Waals surface area contributed by atoms with Crippen LogP contribution in [-0.4, -0.2) is 24.3 Å². The highest BCUT2D eigenvalue weighted by atomic mass is 79.9. The summed E-state index contributed by atoms with van der Waals surface area (Å²) >= 11 is 4.75. The van der Waals surface area contributed by atoms with Gasteiger partial charge in [0, 0.05) is 11.1 Å². The highest BCUT2D eigenvalue weighted by Crippen LogP contribution is 2.38. The minimum absolute atomic E-state index is 0.117. The van der Waals surface area contributed by atoms with Gasteiger partial charge in [-0.3, -0.25) is 9.36 Å². The van der Waals surface area contributed by atoms with E-state index in [2.05, 4.69) is 22.0 Å². The number of benzene rings is 4. The lowest BCUT2D eigenvalue weighted by Crippen LogP contribution is -2.40. The zero-order valence-corrected chi connectivity index (χ0v) is 28.2. The van der Waals surface area contributed by atoms with Crippen LogP contribution in [0.25, 0.3) is 11.8 Å². The van der Waals surface area contributed by atoms with E-state index in [-0.39, 0.29) is 24.3 Å². The lowest BCUT2D eigenvalue weighted by molar-refractivity contribution is -0.138. The quantitative estimate of drug-likeness (QED) is 0.166. The van der Waals surface area contributed by atoms with Gasteiger partial charge in [-0.2, -0.15) is 5.26 Å². The van der Waals surface area contributed by atoms with Crippen LogP contribution in [0.3, 0.4) is 0 Å². The molecule has 5 aromatic rings. The van der Waals surface area contributed by atoms with E-state index in [0.29, 0.717) is 53.3 Å². The lowest BCUT2D eigenvalue weighted by Gasteiger charge is -2.25. The molecule has 11 heteroatoms. The topological polar surface area (TPSA) is 103 Å². The van der Waals surface area contributed by atoms with E-state index < -0.39 is 17.8 Å². The maximum Gasteiger partial charge on any atom is 0.338 e. The van der Waals surface area contributed by atoms with Crippen LogP contribution in [0.2, 0.25) is 0 Å². The molecule has 240 valence electrons. The molecule has 2 heterocycles. The largest absolute Gasteiger partial charge is 0.493 e. The minimum Gasteiger partial charge on any atom is -0.493 e. The SMILES string of the molecule is CCOC(=O)C1=C(c2ccccc2)N=c2s/c(=C\c3cc(Br)c(OCc4ccccc4C#N)c(OC)c3)c(=O)n2[C@H]1c1ccc(F)cc1. The van der Waals surface area contributed by atoms with Gasteiger partial charge in [-0.05, 0) is 70.4 Å². The van der Waals surface area contributed by atoms with Crippen molar-refractivity contribution in [3.63, 3.8) is 0 Å². The summed E-state index contributed by atoms with van der Waals surface area (Å²) < 4.78 is 33.6. The Balaban J connectivity index is 1.49. The Morgan fingerprint density at radius 3 is 2.52 bits per heavy atom. The van der Waals surface area contributed by atoms with Crippen LogP contribution in [0.4, 0.5) is 4.39 Å². The fourth-order valence-corrected chi connectivity index (χ4v) is 7.00. The van der Waals surface area contributed by atoms with Crippen molar-refractivity contribution in [3.05, 3.63) is 154 Å². The number of nitrogens with zero attached hydrogens (tertiary/aromatic N) is 3. The van der Waals surface area contributed by atoms with E-state index in [9.17, 15) is 19.2 Å². The third-order valence-electron chi connectivity index (χ3n) is 7.62. The summed E-state index contributed by atoms with van der Waals surface area (Å²) in [6.07, 6.45) is 1.71. The summed E-state index contributed by atoms with van der Waals surface area (Å²) in [6, 6.07) is 26.9. The molecule has 0 fully saturated rings. The molecule has 4 aromatic carbocycles. The average Bonchev–Trinajstić information content (AvgIpc) is 3.41. The summed E-state index contributed by atoms with van der Waals surface area (Å²) in [5, 5.41) is 9.44. The van der Waals surface area contributed by atoms with Crippen LogP contribution < -0.4 is 24.4 Å². The Morgan fingerprint density at radius 1 is 1.08 bits per heavy atom. The molecule has 1 aliphatic heterocycles. The van der Waals surface area contributed by atoms with Crippen LogP contribution in [-0.2, 0) is 16.1 Å². The van der Waals surface area contributed by atoms with Gasteiger partial charge < -0.3 is 14.2 Å². The average molecular weight is 725 g/mol. The minimum atomic E-state index is -0.924. The van der Waals surface area contributed by atoms with Crippen molar-refractivity contribution in [1.29, 1.82) is 5.26 Å². The molecule has 0 spiro atoms. The zero-order valence-electron chi connectivity index (χ0n) is 25.8. The first-order valence-corrected chi connectivity index (χ1v) is 16.5. The molecule has 0 aliphatic carbocycles. The molecule has 0 N–H and O–H groups in total. The Hall–Kier alpha value is -5.31. The van der Waals surface area contributed by atoms with Gasteiger partial charge in [-0.15, -0.1) is 0 Å². The predicted octanol–water partition coefficient (Wildman–Crippen LogP) is 6.30. The molecule has 0 amide bonds. The Bertz CT molecular complexity index is 2280. The molecule has 0 unspecified atom stereocenters. The van der Waals surface area contributed by atoms with Crippen LogP contribution >= 0.6 is 27.3 Å². The number of methoxy groups -OCH3 is 1. The number of aromatic nitrogens is 1. The van der Waals surface area contributed by atoms with Crippen molar-refractivity contribution in [3.8, 4) is 17.6 Å². The second-order valence-electron chi connectivity index (χ2n) is 10.6. The van der Waals surface area contributed by atoms with E-state index in [1.165, 1.54) is 35.1 Å². The number of carbonyl (C=O) groups excluding carboxylic acids is 1. The second kappa shape index (κ2) is 14.2. The number of carbonyl (C=O) groups is 1. The van der Waals surface area contributed by atoms with Gasteiger partial charge in [-0.25, -0.2) is 14.2 Å². The molecule has 6 rings (SSSR count). The molecular weight excluding hydrogens is 697 g/mol. The number of hydrogen-bond acceptors (Lipinski definition) is 8. The van der Waals surface area contributed by atoms with Crippen LogP contribution in [0.1, 0.15) is 40.8 Å². The first-order valence-electron chi connectivity index (χ1n) is 14.8. The van der Waals surface area contributed by atoms with E-state index in [1.54, 1.807) is 49.4 Å². The standard InChI is InChI=1S/C37H27BrFN3O5S/c1-3-46-36(44)31-32(23-9-5-4-6-10-23)41-37-42(33(31)24-13-15-27(39)16-14-24)35(43)30(48-37)19-22-17-28(38)34(29(18-22)45-2)47-21-26-12-8-7-11-25(26)20-40/h4-19,33H,3,21H2,1-2H3/b30-19-/t33-/m0/s1. The monoisotopic (exact) mass is 723 g/mol. The van der Waals surface area contributed by atoms with E-state index in [0.717, 1.165) is 5.56 Å². The fourth-order valence-electron chi connectivity index (χ4n) is 5.42. The van der Waals surface area contributed by atoms with Gasteiger partial charge in [0.2, 0.25) is 0 Å². The van der Waals surface area contributed by atoms with E-state index in [4.69, 9.17) is 19.2 Å². The molecule has 0 bridgehead atoms. The number of esters is 1. The zero-order chi connectivity index (χ0) is 33.8. The van der Waals surface area contributed by atoms with Gasteiger partial charge in [0.15, 0.2) is 16.3 Å². The molecule has 1 aliphatic rings. The first-order chi connectivity index (χ1) is 23.3. The molecule has 48 heavy (non-hydrogen) atoms. The van der Waals surface area contributed by atoms with Crippen molar-refractivity contribution in [2.24, 2.45) is 4.99 Å². The number of nitriles is 1. The number of halogens is 2. The van der Waals surface area contributed by atoms with Gasteiger partial charge in [0.1, 0.15) is 12.4 Å². The maximum absolute atomic E-state index is 14.2. The van der Waals surface area contributed by atoms with E-state index >= 15 is 0 Å². The Kier molecular flexibility index (Phi) is 9.66.